The summed E-state index contributed by atoms with van der Waals surface area (Å²) in [6.45, 7) is 0.805. The second-order valence-electron chi connectivity index (χ2n) is 8.24. The van der Waals surface area contributed by atoms with Crippen LogP contribution < -0.4 is 15.5 Å². The summed E-state index contributed by atoms with van der Waals surface area (Å²) in [5.74, 6) is -6.84. The van der Waals surface area contributed by atoms with Crippen LogP contribution in [0.3, 0.4) is 0 Å². The zero-order valence-electron chi connectivity index (χ0n) is 18.9. The van der Waals surface area contributed by atoms with Gasteiger partial charge in [0, 0.05) is 30.8 Å². The maximum Gasteiger partial charge on any atom is 0.253 e. The van der Waals surface area contributed by atoms with E-state index in [9.17, 15) is 27.6 Å². The van der Waals surface area contributed by atoms with E-state index >= 15 is 0 Å². The highest BCUT2D eigenvalue weighted by molar-refractivity contribution is 6.07. The van der Waals surface area contributed by atoms with Crippen molar-refractivity contribution in [3.63, 3.8) is 0 Å². The molecule has 0 bridgehead atoms. The highest BCUT2D eigenvalue weighted by Gasteiger charge is 2.35. The zero-order chi connectivity index (χ0) is 25.3. The number of hydrogen-bond donors (Lipinski definition) is 2. The molecule has 180 valence electrons. The van der Waals surface area contributed by atoms with Crippen LogP contribution in [0.25, 0.3) is 11.1 Å². The van der Waals surface area contributed by atoms with Crippen molar-refractivity contribution in [3.8, 4) is 11.1 Å². The second-order valence-corrected chi connectivity index (χ2v) is 8.24. The van der Waals surface area contributed by atoms with Crippen molar-refractivity contribution >= 4 is 23.4 Å². The Labute approximate surface area is 199 Å². The zero-order valence-corrected chi connectivity index (χ0v) is 18.9. The maximum atomic E-state index is 13.9. The van der Waals surface area contributed by atoms with Gasteiger partial charge in [-0.2, -0.15) is 0 Å². The van der Waals surface area contributed by atoms with E-state index < -0.39 is 53.3 Å². The van der Waals surface area contributed by atoms with Gasteiger partial charge in [0.15, 0.2) is 11.6 Å². The number of anilines is 1. The largest absolute Gasteiger partial charge is 0.351 e. The maximum absolute atomic E-state index is 13.9. The van der Waals surface area contributed by atoms with E-state index in [2.05, 4.69) is 10.6 Å². The molecule has 1 aliphatic heterocycles. The Morgan fingerprint density at radius 1 is 0.971 bits per heavy atom. The van der Waals surface area contributed by atoms with E-state index in [0.29, 0.717) is 17.3 Å². The quantitative estimate of drug-likeness (QED) is 0.429. The van der Waals surface area contributed by atoms with E-state index in [1.165, 1.54) is 11.8 Å². The van der Waals surface area contributed by atoms with Gasteiger partial charge in [0.25, 0.3) is 5.91 Å². The first-order valence-electron chi connectivity index (χ1n) is 10.9. The van der Waals surface area contributed by atoms with Gasteiger partial charge in [-0.05, 0) is 30.2 Å². The average Bonchev–Trinajstić information content (AvgIpc) is 2.94. The van der Waals surface area contributed by atoms with E-state index in [0.717, 1.165) is 17.2 Å². The molecule has 0 radical (unpaired) electrons. The normalized spacial score (nSPS) is 15.5. The molecule has 0 fully saturated rings. The molecule has 6 nitrogen and oxygen atoms in total. The molecule has 0 aliphatic carbocycles. The predicted molar refractivity (Wildman–Crippen MR) is 123 cm³/mol. The van der Waals surface area contributed by atoms with Crippen molar-refractivity contribution in [1.29, 1.82) is 0 Å². The number of fused-ring (bicyclic) bond motifs is 3. The lowest BCUT2D eigenvalue weighted by molar-refractivity contribution is -0.136. The van der Waals surface area contributed by atoms with E-state index in [-0.39, 0.29) is 5.91 Å². The molecular formula is C26H22F3N3O3. The van der Waals surface area contributed by atoms with Gasteiger partial charge in [0.05, 0.1) is 5.69 Å². The number of rotatable bonds is 5. The predicted octanol–water partition coefficient (Wildman–Crippen LogP) is 3.86. The summed E-state index contributed by atoms with van der Waals surface area (Å²) in [5.41, 5.74) is 2.46. The van der Waals surface area contributed by atoms with Crippen LogP contribution in [0, 0.1) is 23.4 Å². The van der Waals surface area contributed by atoms with Crippen LogP contribution in [0.5, 0.6) is 0 Å². The first kappa shape index (κ1) is 24.0. The lowest BCUT2D eigenvalue weighted by atomic mass is 9.95. The highest BCUT2D eigenvalue weighted by Crippen LogP contribution is 2.39. The number of halogens is 3. The van der Waals surface area contributed by atoms with Crippen molar-refractivity contribution in [3.05, 3.63) is 89.2 Å². The lowest BCUT2D eigenvalue weighted by Crippen LogP contribution is -2.45. The van der Waals surface area contributed by atoms with Gasteiger partial charge >= 0.3 is 0 Å². The Balaban J connectivity index is 1.53. The van der Waals surface area contributed by atoms with Crippen LogP contribution >= 0.6 is 0 Å². The molecule has 0 saturated carbocycles. The van der Waals surface area contributed by atoms with Gasteiger partial charge in [-0.1, -0.05) is 42.5 Å². The second kappa shape index (κ2) is 9.61. The van der Waals surface area contributed by atoms with Gasteiger partial charge in [0.1, 0.15) is 17.8 Å². The van der Waals surface area contributed by atoms with E-state index in [1.54, 1.807) is 25.2 Å². The first-order valence-corrected chi connectivity index (χ1v) is 10.9. The molecule has 0 aromatic heterocycles. The minimum Gasteiger partial charge on any atom is -0.351 e. The number of benzene rings is 3. The van der Waals surface area contributed by atoms with Gasteiger partial charge in [-0.15, -0.1) is 0 Å². The van der Waals surface area contributed by atoms with Crippen LogP contribution in [0.1, 0.15) is 24.1 Å². The van der Waals surface area contributed by atoms with E-state index in [4.69, 9.17) is 0 Å². The third-order valence-corrected chi connectivity index (χ3v) is 6.00. The molecule has 1 aliphatic rings. The molecule has 0 saturated heterocycles. The summed E-state index contributed by atoms with van der Waals surface area (Å²) in [6, 6.07) is 14.6. The van der Waals surface area contributed by atoms with E-state index in [1.807, 2.05) is 30.3 Å². The summed E-state index contributed by atoms with van der Waals surface area (Å²) >= 11 is 0. The van der Waals surface area contributed by atoms with Crippen LogP contribution in [-0.2, 0) is 20.9 Å². The minimum atomic E-state index is -1.38. The number of nitrogens with one attached hydrogen (secondary N) is 2. The van der Waals surface area contributed by atoms with Crippen LogP contribution in [-0.4, -0.2) is 24.8 Å². The smallest absolute Gasteiger partial charge is 0.253 e. The van der Waals surface area contributed by atoms with Crippen molar-refractivity contribution in [1.82, 2.24) is 10.6 Å². The number of likely N-dealkylation sites (N-methyl/N-ethyl adjacent to an activating group) is 1. The van der Waals surface area contributed by atoms with Gasteiger partial charge in [0.2, 0.25) is 11.8 Å². The molecule has 35 heavy (non-hydrogen) atoms. The number of amides is 3. The Morgan fingerprint density at radius 2 is 1.63 bits per heavy atom. The summed E-state index contributed by atoms with van der Waals surface area (Å²) in [7, 11) is 1.61. The Morgan fingerprint density at radius 3 is 2.37 bits per heavy atom. The lowest BCUT2D eigenvalue weighted by Gasteiger charge is -2.24. The molecule has 3 aromatic rings. The number of hydrogen-bond acceptors (Lipinski definition) is 3. The molecule has 3 amide bonds. The first-order chi connectivity index (χ1) is 16.7. The van der Waals surface area contributed by atoms with Crippen molar-refractivity contribution in [2.75, 3.05) is 11.9 Å². The number of nitrogens with zero attached hydrogens (tertiary/aromatic N) is 1. The minimum absolute atomic E-state index is 0.388. The molecule has 0 unspecified atom stereocenters. The Hall–Kier alpha value is -4.14. The number of para-hydroxylation sites is 1. The van der Waals surface area contributed by atoms with Crippen molar-refractivity contribution < 1.29 is 27.6 Å². The van der Waals surface area contributed by atoms with Crippen LogP contribution in [0.15, 0.2) is 60.7 Å². The molecule has 3 aromatic carbocycles. The molecule has 1 heterocycles. The molecule has 9 heteroatoms. The number of carbonyl (C=O) groups is 3. The fourth-order valence-electron chi connectivity index (χ4n) is 4.03. The van der Waals surface area contributed by atoms with Gasteiger partial charge in [-0.25, -0.2) is 13.2 Å². The Kier molecular flexibility index (Phi) is 6.59. The molecule has 0 spiro atoms. The van der Waals surface area contributed by atoms with Crippen LogP contribution in [0.4, 0.5) is 18.9 Å². The standard InChI is InChI=1S/C26H22F3N3O3/c1-14(24(33)30-13-15-11-16(27)12-20(28)22(15)29)25(34)31-23-19-9-4-3-7-17(19)18-8-5-6-10-21(18)32(2)26(23)35/h3-12,14,23H,13H2,1-2H3,(H,30,33)(H,31,34)/t14-,23+/m1/s1. The SMILES string of the molecule is C[C@H](C(=O)NCc1cc(F)cc(F)c1F)C(=O)N[C@@H]1C(=O)N(C)c2ccccc2-c2ccccc21. The molecule has 4 rings (SSSR count). The summed E-state index contributed by atoms with van der Waals surface area (Å²) < 4.78 is 40.6. The fraction of sp³-hybridized carbons (Fsp3) is 0.192. The van der Waals surface area contributed by atoms with Gasteiger partial charge in [-0.3, -0.25) is 14.4 Å². The van der Waals surface area contributed by atoms with Gasteiger partial charge < -0.3 is 15.5 Å². The summed E-state index contributed by atoms with van der Waals surface area (Å²) in [4.78, 5) is 40.3. The summed E-state index contributed by atoms with van der Waals surface area (Å²) in [5, 5.41) is 4.96. The number of carbonyl (C=O) groups excluding carboxylic acids is 3. The molecular weight excluding hydrogens is 459 g/mol. The van der Waals surface area contributed by atoms with Crippen molar-refractivity contribution in [2.45, 2.75) is 19.5 Å². The summed E-state index contributed by atoms with van der Waals surface area (Å²) in [6.07, 6.45) is 0. The fourth-order valence-corrected chi connectivity index (χ4v) is 4.03. The van der Waals surface area contributed by atoms with Crippen LogP contribution in [0.2, 0.25) is 0 Å². The topological polar surface area (TPSA) is 78.5 Å². The van der Waals surface area contributed by atoms with Crippen molar-refractivity contribution in [2.24, 2.45) is 5.92 Å². The molecule has 2 N–H and O–H groups in total. The molecule has 2 atom stereocenters. The third-order valence-electron chi connectivity index (χ3n) is 6.00. The Bertz CT molecular complexity index is 1330. The monoisotopic (exact) mass is 481 g/mol. The average molecular weight is 481 g/mol. The third kappa shape index (κ3) is 4.62. The highest BCUT2D eigenvalue weighted by atomic mass is 19.2.